The minimum absolute atomic E-state index is 0.215. The number of hydrogen-bond donors (Lipinski definition) is 1. The molecule has 0 saturated carbocycles. The number of aryl methyl sites for hydroxylation is 1. The molecule has 1 aromatic carbocycles. The van der Waals surface area contributed by atoms with Crippen molar-refractivity contribution in [1.29, 1.82) is 0 Å². The zero-order valence-electron chi connectivity index (χ0n) is 11.0. The Morgan fingerprint density at radius 2 is 1.94 bits per heavy atom. The SMILES string of the molecule is CCCN(C(C)=O)C(C(=O)O)c1ccccc1C. The fourth-order valence-corrected chi connectivity index (χ4v) is 2.04. The number of carboxylic acids is 1. The van der Waals surface area contributed by atoms with Crippen LogP contribution in [0.1, 0.15) is 37.4 Å². The predicted molar refractivity (Wildman–Crippen MR) is 69.2 cm³/mol. The van der Waals surface area contributed by atoms with Crippen molar-refractivity contribution in [3.8, 4) is 0 Å². The Hall–Kier alpha value is -1.84. The van der Waals surface area contributed by atoms with E-state index in [9.17, 15) is 14.7 Å². The molecule has 0 aromatic heterocycles. The Morgan fingerprint density at radius 3 is 2.39 bits per heavy atom. The molecule has 98 valence electrons. The van der Waals surface area contributed by atoms with Gasteiger partial charge in [-0.1, -0.05) is 31.2 Å². The second kappa shape index (κ2) is 6.19. The van der Waals surface area contributed by atoms with Crippen molar-refractivity contribution in [3.05, 3.63) is 35.4 Å². The van der Waals surface area contributed by atoms with Gasteiger partial charge in [-0.2, -0.15) is 0 Å². The number of benzene rings is 1. The minimum Gasteiger partial charge on any atom is -0.479 e. The first-order chi connectivity index (χ1) is 8.49. The highest BCUT2D eigenvalue weighted by Gasteiger charge is 2.29. The Bertz CT molecular complexity index is 442. The molecule has 1 atom stereocenters. The molecule has 0 aliphatic rings. The van der Waals surface area contributed by atoms with Crippen molar-refractivity contribution in [2.45, 2.75) is 33.2 Å². The second-order valence-electron chi connectivity index (χ2n) is 4.31. The summed E-state index contributed by atoms with van der Waals surface area (Å²) >= 11 is 0. The van der Waals surface area contributed by atoms with Crippen LogP contribution in [0.2, 0.25) is 0 Å². The highest BCUT2D eigenvalue weighted by molar-refractivity contribution is 5.83. The minimum atomic E-state index is -0.993. The van der Waals surface area contributed by atoms with Gasteiger partial charge in [-0.25, -0.2) is 4.79 Å². The molecular formula is C14H19NO3. The zero-order valence-corrected chi connectivity index (χ0v) is 11.0. The fraction of sp³-hybridized carbons (Fsp3) is 0.429. The van der Waals surface area contributed by atoms with Gasteiger partial charge in [0.15, 0.2) is 6.04 Å². The molecule has 4 heteroatoms. The molecule has 0 bridgehead atoms. The summed E-state index contributed by atoms with van der Waals surface area (Å²) in [5.41, 5.74) is 1.56. The van der Waals surface area contributed by atoms with Crippen molar-refractivity contribution in [2.24, 2.45) is 0 Å². The standard InChI is InChI=1S/C14H19NO3/c1-4-9-15(11(3)16)13(14(17)18)12-8-6-5-7-10(12)2/h5-8,13H,4,9H2,1-3H3,(H,17,18). The second-order valence-corrected chi connectivity index (χ2v) is 4.31. The van der Waals surface area contributed by atoms with Crippen molar-refractivity contribution in [2.75, 3.05) is 6.54 Å². The zero-order chi connectivity index (χ0) is 13.7. The first kappa shape index (κ1) is 14.2. The summed E-state index contributed by atoms with van der Waals surface area (Å²) in [6.07, 6.45) is 0.731. The number of carbonyl (C=O) groups is 2. The Labute approximate surface area is 107 Å². The van der Waals surface area contributed by atoms with Gasteiger partial charge in [-0.15, -0.1) is 0 Å². The van der Waals surface area contributed by atoms with E-state index in [-0.39, 0.29) is 5.91 Å². The number of nitrogens with zero attached hydrogens (tertiary/aromatic N) is 1. The summed E-state index contributed by atoms with van der Waals surface area (Å²) in [7, 11) is 0. The number of aliphatic carboxylic acids is 1. The molecule has 1 N–H and O–H groups in total. The molecule has 0 fully saturated rings. The summed E-state index contributed by atoms with van der Waals surface area (Å²) in [6, 6.07) is 6.37. The monoisotopic (exact) mass is 249 g/mol. The van der Waals surface area contributed by atoms with E-state index < -0.39 is 12.0 Å². The van der Waals surface area contributed by atoms with E-state index >= 15 is 0 Å². The van der Waals surface area contributed by atoms with Gasteiger partial charge in [0, 0.05) is 13.5 Å². The number of amides is 1. The molecule has 0 spiro atoms. The topological polar surface area (TPSA) is 57.6 Å². The van der Waals surface area contributed by atoms with Gasteiger partial charge in [0.1, 0.15) is 0 Å². The predicted octanol–water partition coefficient (Wildman–Crippen LogP) is 2.38. The van der Waals surface area contributed by atoms with E-state index in [1.807, 2.05) is 26.0 Å². The highest BCUT2D eigenvalue weighted by Crippen LogP contribution is 2.24. The van der Waals surface area contributed by atoms with Crippen molar-refractivity contribution in [3.63, 3.8) is 0 Å². The summed E-state index contributed by atoms with van der Waals surface area (Å²) in [5, 5.41) is 9.40. The molecule has 1 amide bonds. The maximum Gasteiger partial charge on any atom is 0.331 e. The molecule has 18 heavy (non-hydrogen) atoms. The van der Waals surface area contributed by atoms with Gasteiger partial charge in [0.05, 0.1) is 0 Å². The van der Waals surface area contributed by atoms with Crippen molar-refractivity contribution < 1.29 is 14.7 Å². The smallest absolute Gasteiger partial charge is 0.331 e. The third-order valence-corrected chi connectivity index (χ3v) is 2.90. The van der Waals surface area contributed by atoms with Crippen LogP contribution in [0.3, 0.4) is 0 Å². The first-order valence-corrected chi connectivity index (χ1v) is 6.04. The lowest BCUT2D eigenvalue weighted by atomic mass is 9.99. The maximum absolute atomic E-state index is 11.6. The van der Waals surface area contributed by atoms with Crippen molar-refractivity contribution in [1.82, 2.24) is 4.90 Å². The molecule has 1 rings (SSSR count). The molecular weight excluding hydrogens is 230 g/mol. The van der Waals surface area contributed by atoms with Gasteiger partial charge in [-0.3, -0.25) is 4.79 Å². The van der Waals surface area contributed by atoms with Crippen LogP contribution in [0.15, 0.2) is 24.3 Å². The van der Waals surface area contributed by atoms with Crippen LogP contribution in [-0.4, -0.2) is 28.4 Å². The Balaban J connectivity index is 3.20. The van der Waals surface area contributed by atoms with Crippen LogP contribution in [0.5, 0.6) is 0 Å². The van der Waals surface area contributed by atoms with E-state index in [0.29, 0.717) is 12.1 Å². The molecule has 0 heterocycles. The van der Waals surface area contributed by atoms with Crippen LogP contribution in [-0.2, 0) is 9.59 Å². The number of rotatable bonds is 5. The van der Waals surface area contributed by atoms with Gasteiger partial charge in [-0.05, 0) is 24.5 Å². The van der Waals surface area contributed by atoms with E-state index in [1.54, 1.807) is 12.1 Å². The van der Waals surface area contributed by atoms with E-state index in [2.05, 4.69) is 0 Å². The number of hydrogen-bond acceptors (Lipinski definition) is 2. The molecule has 1 aromatic rings. The molecule has 0 saturated heterocycles. The third-order valence-electron chi connectivity index (χ3n) is 2.90. The summed E-state index contributed by atoms with van der Waals surface area (Å²) in [5.74, 6) is -1.21. The van der Waals surface area contributed by atoms with Crippen LogP contribution < -0.4 is 0 Å². The summed E-state index contributed by atoms with van der Waals surface area (Å²) in [6.45, 7) is 5.63. The quantitative estimate of drug-likeness (QED) is 0.871. The van der Waals surface area contributed by atoms with Crippen LogP contribution in [0.25, 0.3) is 0 Å². The Kier molecular flexibility index (Phi) is 4.89. The average Bonchev–Trinajstić information content (AvgIpc) is 2.30. The molecule has 0 aliphatic carbocycles. The number of carbonyl (C=O) groups excluding carboxylic acids is 1. The maximum atomic E-state index is 11.6. The Morgan fingerprint density at radius 1 is 1.33 bits per heavy atom. The van der Waals surface area contributed by atoms with Crippen molar-refractivity contribution >= 4 is 11.9 Å². The lowest BCUT2D eigenvalue weighted by Gasteiger charge is -2.28. The van der Waals surface area contributed by atoms with Gasteiger partial charge >= 0.3 is 5.97 Å². The lowest BCUT2D eigenvalue weighted by Crippen LogP contribution is -2.38. The van der Waals surface area contributed by atoms with Gasteiger partial charge in [0.25, 0.3) is 0 Å². The van der Waals surface area contributed by atoms with E-state index in [4.69, 9.17) is 0 Å². The highest BCUT2D eigenvalue weighted by atomic mass is 16.4. The molecule has 0 radical (unpaired) electrons. The van der Waals surface area contributed by atoms with E-state index in [1.165, 1.54) is 11.8 Å². The van der Waals surface area contributed by atoms with Crippen LogP contribution in [0.4, 0.5) is 0 Å². The normalized spacial score (nSPS) is 11.9. The third kappa shape index (κ3) is 3.09. The number of carboxylic acid groups (broad SMARTS) is 1. The van der Waals surface area contributed by atoms with Gasteiger partial charge < -0.3 is 10.0 Å². The average molecular weight is 249 g/mol. The van der Waals surface area contributed by atoms with Crippen LogP contribution >= 0.6 is 0 Å². The molecule has 1 unspecified atom stereocenters. The van der Waals surface area contributed by atoms with Crippen LogP contribution in [0, 0.1) is 6.92 Å². The van der Waals surface area contributed by atoms with E-state index in [0.717, 1.165) is 12.0 Å². The largest absolute Gasteiger partial charge is 0.479 e. The molecule has 4 nitrogen and oxygen atoms in total. The first-order valence-electron chi connectivity index (χ1n) is 6.04. The summed E-state index contributed by atoms with van der Waals surface area (Å²) < 4.78 is 0. The molecule has 0 aliphatic heterocycles. The fourth-order valence-electron chi connectivity index (χ4n) is 2.04. The van der Waals surface area contributed by atoms with Gasteiger partial charge in [0.2, 0.25) is 5.91 Å². The summed E-state index contributed by atoms with van der Waals surface area (Å²) in [4.78, 5) is 24.5. The lowest BCUT2D eigenvalue weighted by molar-refractivity contribution is -0.149.